The van der Waals surface area contributed by atoms with Gasteiger partial charge in [-0.2, -0.15) is 57.1 Å². The fraction of sp³-hybridized carbons (Fsp3) is 0.818. The molecule has 0 heterocycles. The summed E-state index contributed by atoms with van der Waals surface area (Å²) in [5.41, 5.74) is 0. The first-order valence-corrected chi connectivity index (χ1v) is 6.07. The van der Waals surface area contributed by atoms with Gasteiger partial charge in [-0.05, 0) is 0 Å². The number of carbonyl (C=O) groups is 2. The average molecular weight is 418 g/mol. The first kappa shape index (κ1) is 24.4. The molecule has 0 saturated heterocycles. The van der Waals surface area contributed by atoms with Crippen molar-refractivity contribution in [1.29, 1.82) is 0 Å². The summed E-state index contributed by atoms with van der Waals surface area (Å²) in [5, 5.41) is 0. The van der Waals surface area contributed by atoms with E-state index in [4.69, 9.17) is 0 Å². The lowest BCUT2D eigenvalue weighted by molar-refractivity contribution is -0.440. The van der Waals surface area contributed by atoms with Gasteiger partial charge in [0, 0.05) is 19.8 Å². The molecule has 0 N–H and O–H groups in total. The van der Waals surface area contributed by atoms with Crippen molar-refractivity contribution < 1.29 is 66.7 Å². The number of hydrogen-bond donors (Lipinski definition) is 0. The van der Waals surface area contributed by atoms with Crippen molar-refractivity contribution in [3.05, 3.63) is 0 Å². The van der Waals surface area contributed by atoms with Crippen LogP contribution >= 0.6 is 0 Å². The van der Waals surface area contributed by atoms with Crippen LogP contribution in [0.25, 0.3) is 0 Å². The van der Waals surface area contributed by atoms with E-state index >= 15 is 0 Å². The fourth-order valence-corrected chi connectivity index (χ4v) is 1.41. The zero-order chi connectivity index (χ0) is 21.6. The second-order valence-corrected chi connectivity index (χ2v) is 4.98. The molecule has 0 aliphatic heterocycles. The third-order valence-corrected chi connectivity index (χ3v) is 3.06. The molecule has 0 aromatic carbocycles. The van der Waals surface area contributed by atoms with Gasteiger partial charge in [0.25, 0.3) is 0 Å². The Morgan fingerprint density at radius 3 is 1.27 bits per heavy atom. The van der Waals surface area contributed by atoms with E-state index in [0.717, 1.165) is 0 Å². The Labute approximate surface area is 135 Å². The normalized spacial score (nSPS) is 15.2. The quantitative estimate of drug-likeness (QED) is 0.425. The Bertz CT molecular complexity index is 561. The number of halogens is 13. The highest BCUT2D eigenvalue weighted by molar-refractivity contribution is 6.36. The molecule has 26 heavy (non-hydrogen) atoms. The van der Waals surface area contributed by atoms with Gasteiger partial charge in [0.2, 0.25) is 0 Å². The summed E-state index contributed by atoms with van der Waals surface area (Å²) in [6, 6.07) is 0. The molecule has 0 aliphatic carbocycles. The van der Waals surface area contributed by atoms with Gasteiger partial charge in [-0.1, -0.05) is 0 Å². The molecule has 0 aromatic rings. The molecule has 154 valence electrons. The maximum Gasteiger partial charge on any atom is 0.460 e. The molecular formula is C11H7F13O2. The molecule has 15 heteroatoms. The largest absolute Gasteiger partial charge is 0.460 e. The monoisotopic (exact) mass is 418 g/mol. The molecular weight excluding hydrogens is 411 g/mol. The summed E-state index contributed by atoms with van der Waals surface area (Å²) in [7, 11) is 0. The number of ketones is 2. The number of Topliss-reactive ketones (excluding diaryl/α,β-unsaturated/α-hetero) is 2. The van der Waals surface area contributed by atoms with Crippen molar-refractivity contribution in [1.82, 2.24) is 0 Å². The topological polar surface area (TPSA) is 34.1 Å². The summed E-state index contributed by atoms with van der Waals surface area (Å²) in [6.45, 7) is 0.450. The van der Waals surface area contributed by atoms with Crippen LogP contribution in [0, 0.1) is 0 Å². The molecule has 0 unspecified atom stereocenters. The van der Waals surface area contributed by atoms with Gasteiger partial charge in [-0.15, -0.1) is 0 Å². The molecule has 0 fully saturated rings. The Morgan fingerprint density at radius 2 is 0.962 bits per heavy atom. The van der Waals surface area contributed by atoms with Crippen molar-refractivity contribution in [3.8, 4) is 0 Å². The highest BCUT2D eigenvalue weighted by Gasteiger charge is 2.90. The maximum absolute atomic E-state index is 13.2. The van der Waals surface area contributed by atoms with E-state index < -0.39 is 60.2 Å². The Morgan fingerprint density at radius 1 is 0.615 bits per heavy atom. The average Bonchev–Trinajstić information content (AvgIpc) is 2.42. The van der Waals surface area contributed by atoms with Gasteiger partial charge in [0.1, 0.15) is 0 Å². The Kier molecular flexibility index (Phi) is 6.15. The van der Waals surface area contributed by atoms with E-state index in [2.05, 4.69) is 0 Å². The zero-order valence-corrected chi connectivity index (χ0v) is 12.1. The lowest BCUT2D eigenvalue weighted by atomic mass is 9.91. The van der Waals surface area contributed by atoms with E-state index in [1.807, 2.05) is 0 Å². The lowest BCUT2D eigenvalue weighted by Gasteiger charge is -2.39. The second-order valence-electron chi connectivity index (χ2n) is 4.98. The van der Waals surface area contributed by atoms with Crippen molar-refractivity contribution in [2.45, 2.75) is 55.6 Å². The van der Waals surface area contributed by atoms with Crippen LogP contribution in [0.3, 0.4) is 0 Å². The first-order valence-electron chi connectivity index (χ1n) is 6.07. The lowest BCUT2D eigenvalue weighted by Crippen LogP contribution is -2.70. The molecule has 0 radical (unpaired) electrons. The minimum Gasteiger partial charge on any atom is -0.291 e. The van der Waals surface area contributed by atoms with Crippen LogP contribution in [0.5, 0.6) is 0 Å². The number of rotatable bonds is 8. The van der Waals surface area contributed by atoms with E-state index in [1.54, 1.807) is 0 Å². The smallest absolute Gasteiger partial charge is 0.291 e. The van der Waals surface area contributed by atoms with E-state index in [-0.39, 0.29) is 0 Å². The van der Waals surface area contributed by atoms with Gasteiger partial charge < -0.3 is 0 Å². The summed E-state index contributed by atoms with van der Waals surface area (Å²) in [5.74, 6) is -40.8. The maximum atomic E-state index is 13.2. The van der Waals surface area contributed by atoms with Crippen LogP contribution in [-0.2, 0) is 9.59 Å². The molecule has 0 atom stereocenters. The van der Waals surface area contributed by atoms with Gasteiger partial charge in [-0.3, -0.25) is 9.59 Å². The highest BCUT2D eigenvalue weighted by Crippen LogP contribution is 2.60. The molecule has 0 amide bonds. The molecule has 0 saturated carbocycles. The summed E-state index contributed by atoms with van der Waals surface area (Å²) >= 11 is 0. The molecule has 0 bridgehead atoms. The van der Waals surface area contributed by atoms with Crippen molar-refractivity contribution in [3.63, 3.8) is 0 Å². The predicted octanol–water partition coefficient (Wildman–Crippen LogP) is 4.66. The summed E-state index contributed by atoms with van der Waals surface area (Å²) < 4.78 is 165. The number of carbonyl (C=O) groups excluding carboxylic acids is 2. The SMILES string of the molecule is CC(=O)C(=O)CCC(F)(F)C(F)(F)C(F)(F)C(F)(F)C(F)(F)C(F)(F)F. The first-order chi connectivity index (χ1) is 11.1. The molecule has 0 spiro atoms. The van der Waals surface area contributed by atoms with Crippen LogP contribution in [0.15, 0.2) is 0 Å². The summed E-state index contributed by atoms with van der Waals surface area (Å²) in [4.78, 5) is 21.2. The third kappa shape index (κ3) is 3.61. The standard InChI is InChI=1S/C11H7F13O2/c1-4(25)5(26)2-3-6(12,13)7(14,15)8(16,17)9(18,19)10(20,21)11(22,23)24/h2-3H2,1H3. The third-order valence-electron chi connectivity index (χ3n) is 3.06. The van der Waals surface area contributed by atoms with E-state index in [0.29, 0.717) is 6.92 Å². The zero-order valence-electron chi connectivity index (χ0n) is 12.1. The fourth-order valence-electron chi connectivity index (χ4n) is 1.41. The predicted molar refractivity (Wildman–Crippen MR) is 55.7 cm³/mol. The van der Waals surface area contributed by atoms with Crippen LogP contribution in [0.1, 0.15) is 19.8 Å². The van der Waals surface area contributed by atoms with Crippen LogP contribution < -0.4 is 0 Å². The van der Waals surface area contributed by atoms with Crippen LogP contribution in [0.4, 0.5) is 57.1 Å². The van der Waals surface area contributed by atoms with Gasteiger partial charge in [-0.25, -0.2) is 0 Å². The van der Waals surface area contributed by atoms with Crippen LogP contribution in [-0.4, -0.2) is 47.4 Å². The van der Waals surface area contributed by atoms with Crippen molar-refractivity contribution >= 4 is 11.6 Å². The minimum atomic E-state index is -7.98. The number of hydrogen-bond acceptors (Lipinski definition) is 2. The summed E-state index contributed by atoms with van der Waals surface area (Å²) in [6.07, 6.45) is -12.0. The van der Waals surface area contributed by atoms with Gasteiger partial charge in [0.15, 0.2) is 11.6 Å². The molecule has 2 nitrogen and oxygen atoms in total. The Hall–Kier alpha value is -1.57. The minimum absolute atomic E-state index is 0.450. The Balaban J connectivity index is 6.00. The van der Waals surface area contributed by atoms with Crippen molar-refractivity contribution in [2.24, 2.45) is 0 Å². The highest BCUT2D eigenvalue weighted by atomic mass is 19.4. The van der Waals surface area contributed by atoms with Crippen LogP contribution in [0.2, 0.25) is 0 Å². The van der Waals surface area contributed by atoms with E-state index in [9.17, 15) is 66.7 Å². The second kappa shape index (κ2) is 6.55. The molecule has 0 aromatic heterocycles. The van der Waals surface area contributed by atoms with Gasteiger partial charge >= 0.3 is 35.8 Å². The van der Waals surface area contributed by atoms with E-state index in [1.165, 1.54) is 0 Å². The molecule has 0 aliphatic rings. The molecule has 0 rings (SSSR count). The van der Waals surface area contributed by atoms with Gasteiger partial charge in [0.05, 0.1) is 0 Å². The van der Waals surface area contributed by atoms with Crippen molar-refractivity contribution in [2.75, 3.05) is 0 Å². The number of alkyl halides is 13.